The van der Waals surface area contributed by atoms with Gasteiger partial charge in [-0.3, -0.25) is 4.79 Å². The van der Waals surface area contributed by atoms with Gasteiger partial charge < -0.3 is 16.4 Å². The second kappa shape index (κ2) is 8.57. The van der Waals surface area contributed by atoms with E-state index in [-0.39, 0.29) is 35.9 Å². The smallest absolute Gasteiger partial charge is 0.395 e. The van der Waals surface area contributed by atoms with Crippen LogP contribution in [0.5, 0.6) is 0 Å². The Balaban J connectivity index is 2.04. The summed E-state index contributed by atoms with van der Waals surface area (Å²) in [5.74, 6) is -1.06. The lowest BCUT2D eigenvalue weighted by Crippen LogP contribution is -2.13. The van der Waals surface area contributed by atoms with Crippen molar-refractivity contribution in [3.8, 4) is 0 Å². The number of rotatable bonds is 7. The van der Waals surface area contributed by atoms with E-state index in [1.165, 1.54) is 24.3 Å². The fourth-order valence-corrected chi connectivity index (χ4v) is 2.29. The minimum Gasteiger partial charge on any atom is -0.395 e. The predicted octanol–water partition coefficient (Wildman–Crippen LogP) is 4.94. The van der Waals surface area contributed by atoms with Gasteiger partial charge in [0.1, 0.15) is 0 Å². The molecule has 0 heterocycles. The number of allylic oxidation sites excluding steroid dienone is 1. The van der Waals surface area contributed by atoms with Crippen molar-refractivity contribution >= 4 is 23.0 Å². The molecule has 0 fully saturated rings. The van der Waals surface area contributed by atoms with Gasteiger partial charge in [-0.2, -0.15) is 13.2 Å². The number of hydrogen-bond acceptors (Lipinski definition) is 3. The first-order valence-corrected chi connectivity index (χ1v) is 8.11. The van der Waals surface area contributed by atoms with Crippen LogP contribution in [0.3, 0.4) is 0 Å². The van der Waals surface area contributed by atoms with Crippen LogP contribution in [0.2, 0.25) is 0 Å². The number of halogens is 4. The summed E-state index contributed by atoms with van der Waals surface area (Å²) in [7, 11) is 0. The summed E-state index contributed by atoms with van der Waals surface area (Å²) in [5.41, 5.74) is 5.53. The molecule has 4 nitrogen and oxygen atoms in total. The number of alkyl halides is 3. The first kappa shape index (κ1) is 20.3. The standard InChI is InChI=1S/C19H19F4N3O/c1-2-3-4-16(27)26-15-10-9-14(17(20)18(15)24)25-11-12-5-7-13(8-6-12)19(21,22)23/h2,5-10,25H,1,3-4,11,24H2,(H,26,27). The zero-order valence-electron chi connectivity index (χ0n) is 14.4. The fraction of sp³-hybridized carbons (Fsp3) is 0.211. The van der Waals surface area contributed by atoms with Crippen molar-refractivity contribution in [2.45, 2.75) is 25.6 Å². The van der Waals surface area contributed by atoms with E-state index in [1.807, 2.05) is 0 Å². The molecule has 0 aliphatic heterocycles. The molecule has 0 bridgehead atoms. The predicted molar refractivity (Wildman–Crippen MR) is 97.6 cm³/mol. The first-order valence-electron chi connectivity index (χ1n) is 8.11. The number of nitrogen functional groups attached to an aromatic ring is 1. The Hall–Kier alpha value is -3.03. The zero-order valence-corrected chi connectivity index (χ0v) is 14.4. The lowest BCUT2D eigenvalue weighted by atomic mass is 10.1. The highest BCUT2D eigenvalue weighted by Gasteiger charge is 2.29. The molecular formula is C19H19F4N3O. The molecule has 0 radical (unpaired) electrons. The zero-order chi connectivity index (χ0) is 20.0. The number of nitrogens with two attached hydrogens (primary N) is 1. The summed E-state index contributed by atoms with van der Waals surface area (Å²) in [4.78, 5) is 11.7. The van der Waals surface area contributed by atoms with E-state index in [4.69, 9.17) is 5.73 Å². The van der Waals surface area contributed by atoms with Crippen molar-refractivity contribution in [2.75, 3.05) is 16.4 Å². The molecule has 0 saturated heterocycles. The lowest BCUT2D eigenvalue weighted by molar-refractivity contribution is -0.137. The summed E-state index contributed by atoms with van der Waals surface area (Å²) in [5, 5.41) is 5.30. The molecule has 0 aliphatic carbocycles. The SMILES string of the molecule is C=CCCC(=O)Nc1ccc(NCc2ccc(C(F)(F)F)cc2)c(F)c1N. The number of carbonyl (C=O) groups excluding carboxylic acids is 1. The molecule has 0 atom stereocenters. The maximum Gasteiger partial charge on any atom is 0.416 e. The molecule has 27 heavy (non-hydrogen) atoms. The van der Waals surface area contributed by atoms with Gasteiger partial charge in [0.2, 0.25) is 5.91 Å². The van der Waals surface area contributed by atoms with Gasteiger partial charge in [-0.25, -0.2) is 4.39 Å². The van der Waals surface area contributed by atoms with Crippen molar-refractivity contribution in [1.29, 1.82) is 0 Å². The minimum atomic E-state index is -4.40. The third kappa shape index (κ3) is 5.47. The quantitative estimate of drug-likeness (QED) is 0.361. The average Bonchev–Trinajstić information content (AvgIpc) is 2.63. The summed E-state index contributed by atoms with van der Waals surface area (Å²) in [6.07, 6.45) is -2.12. The summed E-state index contributed by atoms with van der Waals surface area (Å²) < 4.78 is 52.0. The van der Waals surface area contributed by atoms with E-state index in [2.05, 4.69) is 17.2 Å². The van der Waals surface area contributed by atoms with Crippen LogP contribution in [-0.4, -0.2) is 5.91 Å². The number of hydrogen-bond donors (Lipinski definition) is 3. The molecule has 4 N–H and O–H groups in total. The van der Waals surface area contributed by atoms with Crippen molar-refractivity contribution < 1.29 is 22.4 Å². The molecule has 0 unspecified atom stereocenters. The Morgan fingerprint density at radius 2 is 1.74 bits per heavy atom. The molecule has 1 amide bonds. The molecule has 0 saturated carbocycles. The Kier molecular flexibility index (Phi) is 6.44. The normalized spacial score (nSPS) is 11.1. The van der Waals surface area contributed by atoms with Crippen molar-refractivity contribution in [3.63, 3.8) is 0 Å². The van der Waals surface area contributed by atoms with Crippen molar-refractivity contribution in [2.24, 2.45) is 0 Å². The monoisotopic (exact) mass is 381 g/mol. The number of amides is 1. The van der Waals surface area contributed by atoms with Crippen LogP contribution in [0.15, 0.2) is 49.1 Å². The van der Waals surface area contributed by atoms with E-state index in [0.29, 0.717) is 12.0 Å². The van der Waals surface area contributed by atoms with Gasteiger partial charge >= 0.3 is 6.18 Å². The molecular weight excluding hydrogens is 362 g/mol. The Morgan fingerprint density at radius 3 is 2.33 bits per heavy atom. The van der Waals surface area contributed by atoms with Crippen molar-refractivity contribution in [1.82, 2.24) is 0 Å². The molecule has 144 valence electrons. The van der Waals surface area contributed by atoms with Crippen LogP contribution in [0.4, 0.5) is 34.6 Å². The summed E-state index contributed by atoms with van der Waals surface area (Å²) in [6.45, 7) is 3.63. The van der Waals surface area contributed by atoms with Crippen LogP contribution in [0, 0.1) is 5.82 Å². The van der Waals surface area contributed by atoms with E-state index in [1.54, 1.807) is 6.08 Å². The highest BCUT2D eigenvalue weighted by Crippen LogP contribution is 2.30. The number of carbonyl (C=O) groups is 1. The molecule has 8 heteroatoms. The lowest BCUT2D eigenvalue weighted by Gasteiger charge is -2.13. The van der Waals surface area contributed by atoms with Crippen LogP contribution >= 0.6 is 0 Å². The van der Waals surface area contributed by atoms with E-state index in [0.717, 1.165) is 12.1 Å². The van der Waals surface area contributed by atoms with Gasteiger partial charge in [-0.05, 0) is 36.2 Å². The van der Waals surface area contributed by atoms with Crippen LogP contribution < -0.4 is 16.4 Å². The molecule has 2 aromatic rings. The van der Waals surface area contributed by atoms with Gasteiger partial charge in [0.15, 0.2) is 5.82 Å². The minimum absolute atomic E-state index is 0.0801. The third-order valence-electron chi connectivity index (χ3n) is 3.79. The second-order valence-electron chi connectivity index (χ2n) is 5.81. The maximum absolute atomic E-state index is 14.4. The number of benzene rings is 2. The Bertz CT molecular complexity index is 817. The number of anilines is 3. The Labute approximate surface area is 154 Å². The topological polar surface area (TPSA) is 67.2 Å². The highest BCUT2D eigenvalue weighted by atomic mass is 19.4. The van der Waals surface area contributed by atoms with E-state index < -0.39 is 17.6 Å². The van der Waals surface area contributed by atoms with Gasteiger partial charge in [0.25, 0.3) is 0 Å². The van der Waals surface area contributed by atoms with Crippen LogP contribution in [-0.2, 0) is 17.5 Å². The van der Waals surface area contributed by atoms with Gasteiger partial charge in [-0.15, -0.1) is 6.58 Å². The molecule has 0 aliphatic rings. The molecule has 0 spiro atoms. The first-order chi connectivity index (χ1) is 12.7. The largest absolute Gasteiger partial charge is 0.416 e. The molecule has 2 rings (SSSR count). The summed E-state index contributed by atoms with van der Waals surface area (Å²) >= 11 is 0. The third-order valence-corrected chi connectivity index (χ3v) is 3.79. The van der Waals surface area contributed by atoms with Gasteiger partial charge in [0, 0.05) is 13.0 Å². The maximum atomic E-state index is 14.4. The van der Waals surface area contributed by atoms with E-state index in [9.17, 15) is 22.4 Å². The number of nitrogens with one attached hydrogen (secondary N) is 2. The second-order valence-corrected chi connectivity index (χ2v) is 5.81. The van der Waals surface area contributed by atoms with Gasteiger partial charge in [0.05, 0.1) is 22.6 Å². The Morgan fingerprint density at radius 1 is 1.11 bits per heavy atom. The molecule has 2 aromatic carbocycles. The van der Waals surface area contributed by atoms with Gasteiger partial charge in [-0.1, -0.05) is 18.2 Å². The van der Waals surface area contributed by atoms with Crippen LogP contribution in [0.25, 0.3) is 0 Å². The van der Waals surface area contributed by atoms with Crippen LogP contribution in [0.1, 0.15) is 24.0 Å². The highest BCUT2D eigenvalue weighted by molar-refractivity contribution is 5.94. The van der Waals surface area contributed by atoms with E-state index >= 15 is 0 Å². The molecule has 0 aromatic heterocycles. The summed E-state index contributed by atoms with van der Waals surface area (Å²) in [6, 6.07) is 7.40. The average molecular weight is 381 g/mol. The fourth-order valence-electron chi connectivity index (χ4n) is 2.29. The van der Waals surface area contributed by atoms with Crippen molar-refractivity contribution in [3.05, 3.63) is 66.0 Å².